The second kappa shape index (κ2) is 7.24. The third-order valence-electron chi connectivity index (χ3n) is 2.89. The van der Waals surface area contributed by atoms with Crippen molar-refractivity contribution in [1.29, 1.82) is 0 Å². The SMILES string of the molecule is CC(C)(C)OC(=O)NCCCNc1ccc2c(c1)OCCO2. The van der Waals surface area contributed by atoms with E-state index < -0.39 is 5.60 Å². The fourth-order valence-corrected chi connectivity index (χ4v) is 1.98. The maximum Gasteiger partial charge on any atom is 0.407 e. The van der Waals surface area contributed by atoms with Gasteiger partial charge in [0.25, 0.3) is 0 Å². The van der Waals surface area contributed by atoms with Gasteiger partial charge in [-0.3, -0.25) is 0 Å². The van der Waals surface area contributed by atoms with Crippen LogP contribution in [0.25, 0.3) is 0 Å². The molecule has 22 heavy (non-hydrogen) atoms. The van der Waals surface area contributed by atoms with Crippen molar-refractivity contribution < 1.29 is 19.0 Å². The van der Waals surface area contributed by atoms with Crippen LogP contribution in [-0.4, -0.2) is 38.0 Å². The zero-order valence-corrected chi connectivity index (χ0v) is 13.4. The van der Waals surface area contributed by atoms with E-state index in [0.717, 1.165) is 30.2 Å². The molecular formula is C16H24N2O4. The van der Waals surface area contributed by atoms with Crippen LogP contribution in [0.2, 0.25) is 0 Å². The molecule has 1 heterocycles. The molecule has 1 amide bonds. The fourth-order valence-electron chi connectivity index (χ4n) is 1.98. The summed E-state index contributed by atoms with van der Waals surface area (Å²) in [7, 11) is 0. The van der Waals surface area contributed by atoms with Gasteiger partial charge < -0.3 is 24.8 Å². The predicted molar refractivity (Wildman–Crippen MR) is 84.8 cm³/mol. The van der Waals surface area contributed by atoms with Gasteiger partial charge >= 0.3 is 6.09 Å². The number of hydrogen-bond acceptors (Lipinski definition) is 5. The minimum absolute atomic E-state index is 0.383. The number of carbonyl (C=O) groups excluding carboxylic acids is 1. The monoisotopic (exact) mass is 308 g/mol. The first-order valence-corrected chi connectivity index (χ1v) is 7.54. The molecule has 1 aromatic carbocycles. The molecule has 0 radical (unpaired) electrons. The molecule has 2 N–H and O–H groups in total. The van der Waals surface area contributed by atoms with Gasteiger partial charge in [-0.15, -0.1) is 0 Å². The Kier molecular flexibility index (Phi) is 5.35. The van der Waals surface area contributed by atoms with Crippen molar-refractivity contribution in [3.05, 3.63) is 18.2 Å². The second-order valence-electron chi connectivity index (χ2n) is 6.07. The summed E-state index contributed by atoms with van der Waals surface area (Å²) in [4.78, 5) is 11.5. The van der Waals surface area contributed by atoms with Gasteiger partial charge in [-0.05, 0) is 39.3 Å². The molecule has 0 saturated carbocycles. The minimum Gasteiger partial charge on any atom is -0.486 e. The third kappa shape index (κ3) is 5.35. The van der Waals surface area contributed by atoms with Crippen LogP contribution in [0.1, 0.15) is 27.2 Å². The molecule has 1 aliphatic rings. The smallest absolute Gasteiger partial charge is 0.407 e. The van der Waals surface area contributed by atoms with Gasteiger partial charge in [0, 0.05) is 24.8 Å². The molecule has 0 aromatic heterocycles. The van der Waals surface area contributed by atoms with Crippen molar-refractivity contribution in [3.8, 4) is 11.5 Å². The summed E-state index contributed by atoms with van der Waals surface area (Å²) >= 11 is 0. The van der Waals surface area contributed by atoms with Crippen LogP contribution in [-0.2, 0) is 4.74 Å². The van der Waals surface area contributed by atoms with Gasteiger partial charge in [0.05, 0.1) is 0 Å². The Morgan fingerprint density at radius 3 is 2.64 bits per heavy atom. The van der Waals surface area contributed by atoms with Crippen LogP contribution in [0.15, 0.2) is 18.2 Å². The van der Waals surface area contributed by atoms with E-state index in [4.69, 9.17) is 14.2 Å². The Labute approximate surface area is 131 Å². The van der Waals surface area contributed by atoms with Crippen molar-refractivity contribution >= 4 is 11.8 Å². The second-order valence-corrected chi connectivity index (χ2v) is 6.07. The Morgan fingerprint density at radius 1 is 1.18 bits per heavy atom. The zero-order valence-electron chi connectivity index (χ0n) is 13.4. The maximum atomic E-state index is 11.5. The van der Waals surface area contributed by atoms with Crippen molar-refractivity contribution in [2.75, 3.05) is 31.6 Å². The number of carbonyl (C=O) groups is 1. The van der Waals surface area contributed by atoms with Gasteiger partial charge in [-0.25, -0.2) is 4.79 Å². The highest BCUT2D eigenvalue weighted by Gasteiger charge is 2.15. The van der Waals surface area contributed by atoms with Crippen LogP contribution in [0.3, 0.4) is 0 Å². The summed E-state index contributed by atoms with van der Waals surface area (Å²) in [5, 5.41) is 6.02. The first kappa shape index (κ1) is 16.3. The standard InChI is InChI=1S/C16H24N2O4/c1-16(2,3)22-15(19)18-8-4-7-17-12-5-6-13-14(11-12)21-10-9-20-13/h5-6,11,17H,4,7-10H2,1-3H3,(H,18,19). The molecule has 0 spiro atoms. The molecule has 1 aliphatic heterocycles. The number of rotatable bonds is 5. The zero-order chi connectivity index (χ0) is 16.0. The Morgan fingerprint density at radius 2 is 1.91 bits per heavy atom. The first-order valence-electron chi connectivity index (χ1n) is 7.54. The highest BCUT2D eigenvalue weighted by molar-refractivity contribution is 5.67. The van der Waals surface area contributed by atoms with E-state index in [9.17, 15) is 4.79 Å². The summed E-state index contributed by atoms with van der Waals surface area (Å²) in [5.41, 5.74) is 0.509. The lowest BCUT2D eigenvalue weighted by molar-refractivity contribution is 0.0528. The molecule has 1 aromatic rings. The third-order valence-corrected chi connectivity index (χ3v) is 2.89. The van der Waals surface area contributed by atoms with E-state index >= 15 is 0 Å². The molecule has 122 valence electrons. The lowest BCUT2D eigenvalue weighted by atomic mass is 10.2. The van der Waals surface area contributed by atoms with Gasteiger partial charge in [0.1, 0.15) is 18.8 Å². The number of anilines is 1. The minimum atomic E-state index is -0.465. The molecule has 6 heteroatoms. The number of hydrogen-bond donors (Lipinski definition) is 2. The number of fused-ring (bicyclic) bond motifs is 1. The van der Waals surface area contributed by atoms with E-state index in [1.54, 1.807) is 0 Å². The van der Waals surface area contributed by atoms with Crippen molar-refractivity contribution in [2.24, 2.45) is 0 Å². The molecule has 6 nitrogen and oxygen atoms in total. The lowest BCUT2D eigenvalue weighted by Crippen LogP contribution is -2.33. The Bertz CT molecular complexity index is 511. The van der Waals surface area contributed by atoms with Crippen LogP contribution in [0, 0.1) is 0 Å². The van der Waals surface area contributed by atoms with Crippen LogP contribution >= 0.6 is 0 Å². The van der Waals surface area contributed by atoms with Crippen LogP contribution < -0.4 is 20.1 Å². The molecule has 0 aliphatic carbocycles. The fraction of sp³-hybridized carbons (Fsp3) is 0.562. The van der Waals surface area contributed by atoms with Crippen molar-refractivity contribution in [2.45, 2.75) is 32.8 Å². The van der Waals surface area contributed by atoms with E-state index in [-0.39, 0.29) is 6.09 Å². The van der Waals surface area contributed by atoms with Crippen molar-refractivity contribution in [1.82, 2.24) is 5.32 Å². The number of nitrogens with one attached hydrogen (secondary N) is 2. The molecule has 0 unspecified atom stereocenters. The first-order chi connectivity index (χ1) is 10.4. The number of benzene rings is 1. The van der Waals surface area contributed by atoms with E-state index in [0.29, 0.717) is 19.8 Å². The predicted octanol–water partition coefficient (Wildman–Crippen LogP) is 2.78. The van der Waals surface area contributed by atoms with Crippen LogP contribution in [0.5, 0.6) is 11.5 Å². The highest BCUT2D eigenvalue weighted by Crippen LogP contribution is 2.32. The quantitative estimate of drug-likeness (QED) is 0.819. The van der Waals surface area contributed by atoms with Gasteiger partial charge in [-0.2, -0.15) is 0 Å². The summed E-state index contributed by atoms with van der Waals surface area (Å²) in [6, 6.07) is 5.78. The molecular weight excluding hydrogens is 284 g/mol. The molecule has 0 saturated heterocycles. The normalized spacial score (nSPS) is 13.4. The number of amides is 1. The van der Waals surface area contributed by atoms with Gasteiger partial charge in [0.15, 0.2) is 11.5 Å². The summed E-state index contributed by atoms with van der Waals surface area (Å²) < 4.78 is 16.2. The lowest BCUT2D eigenvalue weighted by Gasteiger charge is -2.20. The molecule has 0 bridgehead atoms. The van der Waals surface area contributed by atoms with Crippen molar-refractivity contribution in [3.63, 3.8) is 0 Å². The average Bonchev–Trinajstić information content (AvgIpc) is 2.45. The molecule has 0 atom stereocenters. The topological polar surface area (TPSA) is 68.8 Å². The van der Waals surface area contributed by atoms with E-state index in [2.05, 4.69) is 10.6 Å². The number of ether oxygens (including phenoxy) is 3. The van der Waals surface area contributed by atoms with E-state index in [1.807, 2.05) is 39.0 Å². The average molecular weight is 308 g/mol. The summed E-state index contributed by atoms with van der Waals surface area (Å²) in [6.07, 6.45) is 0.417. The Balaban J connectivity index is 1.66. The largest absolute Gasteiger partial charge is 0.486 e. The maximum absolute atomic E-state index is 11.5. The molecule has 0 fully saturated rings. The highest BCUT2D eigenvalue weighted by atomic mass is 16.6. The van der Waals surface area contributed by atoms with Gasteiger partial charge in [-0.1, -0.05) is 0 Å². The van der Waals surface area contributed by atoms with E-state index in [1.165, 1.54) is 0 Å². The van der Waals surface area contributed by atoms with Gasteiger partial charge in [0.2, 0.25) is 0 Å². The molecule has 2 rings (SSSR count). The summed E-state index contributed by atoms with van der Waals surface area (Å²) in [6.45, 7) is 8.01. The number of alkyl carbamates (subject to hydrolysis) is 1. The summed E-state index contributed by atoms with van der Waals surface area (Å²) in [5.74, 6) is 1.55. The Hall–Kier alpha value is -2.11. The van der Waals surface area contributed by atoms with Crippen LogP contribution in [0.4, 0.5) is 10.5 Å².